The summed E-state index contributed by atoms with van der Waals surface area (Å²) in [6, 6.07) is 7.78. The lowest BCUT2D eigenvalue weighted by Crippen LogP contribution is -2.31. The summed E-state index contributed by atoms with van der Waals surface area (Å²) in [6.45, 7) is 0.236. The zero-order valence-electron chi connectivity index (χ0n) is 16.9. The van der Waals surface area contributed by atoms with E-state index in [2.05, 4.69) is 10.3 Å². The summed E-state index contributed by atoms with van der Waals surface area (Å²) in [6.07, 6.45) is 9.65. The van der Waals surface area contributed by atoms with Gasteiger partial charge in [0.15, 0.2) is 5.13 Å². The van der Waals surface area contributed by atoms with Gasteiger partial charge in [0.05, 0.1) is 11.0 Å². The molecule has 162 valence electrons. The maximum Gasteiger partial charge on any atom is 0.266 e. The summed E-state index contributed by atoms with van der Waals surface area (Å²) in [7, 11) is 0. The van der Waals surface area contributed by atoms with E-state index in [0.717, 1.165) is 24.2 Å². The fraction of sp³-hybridized carbons (Fsp3) is 0.364. The Hall–Kier alpha value is -2.23. The molecule has 2 amide bonds. The van der Waals surface area contributed by atoms with Crippen LogP contribution in [0.15, 0.2) is 40.7 Å². The van der Waals surface area contributed by atoms with Gasteiger partial charge in [-0.3, -0.25) is 14.5 Å². The van der Waals surface area contributed by atoms with Crippen molar-refractivity contribution in [3.05, 3.63) is 46.3 Å². The van der Waals surface area contributed by atoms with Gasteiger partial charge in [0.2, 0.25) is 5.91 Å². The van der Waals surface area contributed by atoms with Gasteiger partial charge in [-0.2, -0.15) is 0 Å². The van der Waals surface area contributed by atoms with Gasteiger partial charge in [-0.05, 0) is 37.8 Å². The Morgan fingerprint density at radius 2 is 2.10 bits per heavy atom. The standard InChI is InChI=1S/C22H23N3O3S3/c26-19(24-21-23-11-13-30-21)10-12-25-20(27)18(31-22(25)29)14-15-6-4-5-9-17(15)28-16-7-2-1-3-8-16/h4-6,9,11,13-14,16H,1-3,7-8,10,12H2,(H,23,24,26)/b18-14-. The average Bonchev–Trinajstić information content (AvgIpc) is 3.37. The smallest absolute Gasteiger partial charge is 0.266 e. The first-order valence-corrected chi connectivity index (χ1v) is 12.4. The molecule has 0 spiro atoms. The molecule has 0 unspecified atom stereocenters. The van der Waals surface area contributed by atoms with Gasteiger partial charge in [-0.15, -0.1) is 11.3 Å². The Balaban J connectivity index is 1.40. The predicted octanol–water partition coefficient (Wildman–Crippen LogP) is 5.08. The first-order valence-electron chi connectivity index (χ1n) is 10.3. The number of amides is 2. The number of para-hydroxylation sites is 1. The van der Waals surface area contributed by atoms with Crippen LogP contribution in [0.5, 0.6) is 5.75 Å². The molecule has 2 heterocycles. The summed E-state index contributed by atoms with van der Waals surface area (Å²) in [5.74, 6) is 0.422. The molecule has 1 aromatic carbocycles. The Kier molecular flexibility index (Phi) is 7.37. The number of nitrogens with one attached hydrogen (secondary N) is 1. The minimum Gasteiger partial charge on any atom is -0.490 e. The van der Waals surface area contributed by atoms with Gasteiger partial charge in [0.1, 0.15) is 10.1 Å². The molecule has 2 aromatic rings. The number of benzene rings is 1. The lowest BCUT2D eigenvalue weighted by molar-refractivity contribution is -0.122. The van der Waals surface area contributed by atoms with Crippen molar-refractivity contribution in [2.75, 3.05) is 11.9 Å². The normalized spacial score (nSPS) is 18.6. The molecule has 1 aliphatic carbocycles. The molecule has 9 heteroatoms. The topological polar surface area (TPSA) is 71.5 Å². The van der Waals surface area contributed by atoms with Crippen LogP contribution in [-0.2, 0) is 9.59 Å². The largest absolute Gasteiger partial charge is 0.490 e. The van der Waals surface area contributed by atoms with Crippen molar-refractivity contribution in [2.45, 2.75) is 44.6 Å². The highest BCUT2D eigenvalue weighted by Crippen LogP contribution is 2.35. The zero-order valence-corrected chi connectivity index (χ0v) is 19.4. The van der Waals surface area contributed by atoms with Crippen LogP contribution in [0.4, 0.5) is 5.13 Å². The number of anilines is 1. The molecule has 1 saturated heterocycles. The molecule has 0 radical (unpaired) electrons. The number of carbonyl (C=O) groups excluding carboxylic acids is 2. The number of thiocarbonyl (C=S) groups is 1. The maximum absolute atomic E-state index is 12.9. The van der Waals surface area contributed by atoms with Crippen LogP contribution in [0.1, 0.15) is 44.1 Å². The van der Waals surface area contributed by atoms with Crippen molar-refractivity contribution in [3.8, 4) is 5.75 Å². The van der Waals surface area contributed by atoms with Gasteiger partial charge in [0.25, 0.3) is 5.91 Å². The molecule has 2 aliphatic rings. The summed E-state index contributed by atoms with van der Waals surface area (Å²) >= 11 is 8.01. The lowest BCUT2D eigenvalue weighted by Gasteiger charge is -2.23. The minimum absolute atomic E-state index is 0.153. The van der Waals surface area contributed by atoms with Crippen molar-refractivity contribution < 1.29 is 14.3 Å². The highest BCUT2D eigenvalue weighted by atomic mass is 32.2. The fourth-order valence-electron chi connectivity index (χ4n) is 3.58. The number of hydrogen-bond donors (Lipinski definition) is 1. The first-order chi connectivity index (χ1) is 15.1. The van der Waals surface area contributed by atoms with Crippen LogP contribution in [0, 0.1) is 0 Å². The maximum atomic E-state index is 12.9. The van der Waals surface area contributed by atoms with Crippen LogP contribution >= 0.6 is 35.3 Å². The molecule has 2 fully saturated rings. The average molecular weight is 474 g/mol. The molecule has 1 N–H and O–H groups in total. The van der Waals surface area contributed by atoms with E-state index in [1.54, 1.807) is 11.6 Å². The third-order valence-corrected chi connectivity index (χ3v) is 7.23. The molecule has 0 bridgehead atoms. The molecule has 6 nitrogen and oxygen atoms in total. The number of thioether (sulfide) groups is 1. The van der Waals surface area contributed by atoms with E-state index in [0.29, 0.717) is 14.4 Å². The second kappa shape index (κ2) is 10.4. The molecule has 31 heavy (non-hydrogen) atoms. The van der Waals surface area contributed by atoms with Gasteiger partial charge < -0.3 is 10.1 Å². The number of aromatic nitrogens is 1. The molecule has 0 atom stereocenters. The van der Waals surface area contributed by atoms with E-state index >= 15 is 0 Å². The number of rotatable bonds is 7. The quantitative estimate of drug-likeness (QED) is 0.446. The molecule has 1 saturated carbocycles. The lowest BCUT2D eigenvalue weighted by atomic mass is 9.97. The van der Waals surface area contributed by atoms with Gasteiger partial charge in [0, 0.05) is 30.1 Å². The van der Waals surface area contributed by atoms with Gasteiger partial charge in [-0.1, -0.05) is 48.6 Å². The summed E-state index contributed by atoms with van der Waals surface area (Å²) in [4.78, 5) is 31.1. The number of ether oxygens (including phenoxy) is 1. The van der Waals surface area contributed by atoms with Crippen molar-refractivity contribution in [1.82, 2.24) is 9.88 Å². The predicted molar refractivity (Wildman–Crippen MR) is 129 cm³/mol. The van der Waals surface area contributed by atoms with E-state index in [-0.39, 0.29) is 30.9 Å². The van der Waals surface area contributed by atoms with Crippen LogP contribution in [0.25, 0.3) is 6.08 Å². The summed E-state index contributed by atoms with van der Waals surface area (Å²) < 4.78 is 6.71. The Labute approximate surface area is 195 Å². The van der Waals surface area contributed by atoms with E-state index < -0.39 is 0 Å². The van der Waals surface area contributed by atoms with Crippen LogP contribution in [0.2, 0.25) is 0 Å². The van der Waals surface area contributed by atoms with E-state index in [4.69, 9.17) is 17.0 Å². The van der Waals surface area contributed by atoms with E-state index in [1.165, 1.54) is 47.3 Å². The van der Waals surface area contributed by atoms with Gasteiger partial charge in [-0.25, -0.2) is 4.98 Å². The second-order valence-corrected chi connectivity index (χ2v) is 9.95. The Morgan fingerprint density at radius 1 is 1.29 bits per heavy atom. The molecule has 1 aliphatic heterocycles. The van der Waals surface area contributed by atoms with E-state index in [1.807, 2.05) is 30.3 Å². The Morgan fingerprint density at radius 3 is 2.87 bits per heavy atom. The second-order valence-electron chi connectivity index (χ2n) is 7.38. The minimum atomic E-state index is -0.195. The van der Waals surface area contributed by atoms with Crippen molar-refractivity contribution in [3.63, 3.8) is 0 Å². The van der Waals surface area contributed by atoms with Gasteiger partial charge >= 0.3 is 0 Å². The number of carbonyl (C=O) groups is 2. The monoisotopic (exact) mass is 473 g/mol. The Bertz CT molecular complexity index is 985. The van der Waals surface area contributed by atoms with Crippen molar-refractivity contribution in [2.24, 2.45) is 0 Å². The van der Waals surface area contributed by atoms with Crippen molar-refractivity contribution in [1.29, 1.82) is 0 Å². The van der Waals surface area contributed by atoms with Crippen LogP contribution in [-0.4, -0.2) is 38.7 Å². The van der Waals surface area contributed by atoms with Crippen LogP contribution < -0.4 is 10.1 Å². The first kappa shape index (κ1) is 22.0. The number of hydrogen-bond acceptors (Lipinski definition) is 7. The highest BCUT2D eigenvalue weighted by Gasteiger charge is 2.32. The molecule has 4 rings (SSSR count). The molecule has 1 aromatic heterocycles. The van der Waals surface area contributed by atoms with E-state index in [9.17, 15) is 9.59 Å². The molecular weight excluding hydrogens is 450 g/mol. The SMILES string of the molecule is O=C(CCN1C(=O)/C(=C/c2ccccc2OC2CCCCC2)SC1=S)Nc1nccs1. The number of nitrogens with zero attached hydrogens (tertiary/aromatic N) is 2. The fourth-order valence-corrected chi connectivity index (χ4v) is 5.43. The van der Waals surface area contributed by atoms with Crippen molar-refractivity contribution >= 4 is 62.7 Å². The van der Waals surface area contributed by atoms with Crippen LogP contribution in [0.3, 0.4) is 0 Å². The highest BCUT2D eigenvalue weighted by molar-refractivity contribution is 8.26. The molecular formula is C22H23N3O3S3. The number of thiazole rings is 1. The third kappa shape index (κ3) is 5.72. The summed E-state index contributed by atoms with van der Waals surface area (Å²) in [5.41, 5.74) is 0.870. The zero-order chi connectivity index (χ0) is 21.6. The third-order valence-electron chi connectivity index (χ3n) is 5.17. The summed E-state index contributed by atoms with van der Waals surface area (Å²) in [5, 5.41) is 5.06.